The molecular weight excluding hydrogens is 238 g/mol. The Morgan fingerprint density at radius 2 is 2.00 bits per heavy atom. The lowest BCUT2D eigenvalue weighted by Crippen LogP contribution is -2.37. The molecule has 19 heavy (non-hydrogen) atoms. The smallest absolute Gasteiger partial charge is 0.241 e. The number of aromatic nitrogens is 1. The van der Waals surface area contributed by atoms with Crippen LogP contribution in [-0.4, -0.2) is 16.9 Å². The number of hydrogen-bond acceptors (Lipinski definition) is 3. The minimum Gasteiger partial charge on any atom is -0.323 e. The molecule has 2 aromatic rings. The third kappa shape index (κ3) is 3.63. The van der Waals surface area contributed by atoms with Gasteiger partial charge < -0.3 is 11.1 Å². The molecule has 1 atom stereocenters. The van der Waals surface area contributed by atoms with Crippen LogP contribution in [0.3, 0.4) is 0 Å². The average Bonchev–Trinajstić information content (AvgIpc) is 2.42. The van der Waals surface area contributed by atoms with E-state index >= 15 is 0 Å². The summed E-state index contributed by atoms with van der Waals surface area (Å²) in [6, 6.07) is 12.8. The molecule has 0 radical (unpaired) electrons. The Hall–Kier alpha value is -2.20. The van der Waals surface area contributed by atoms with Gasteiger partial charge in [0, 0.05) is 6.20 Å². The molecule has 1 amide bonds. The van der Waals surface area contributed by atoms with Crippen LogP contribution in [0.1, 0.15) is 11.3 Å². The molecule has 0 saturated heterocycles. The van der Waals surface area contributed by atoms with E-state index in [-0.39, 0.29) is 5.91 Å². The normalized spacial score (nSPS) is 11.9. The number of nitrogens with one attached hydrogen (secondary N) is 1. The fraction of sp³-hybridized carbons (Fsp3) is 0.200. The number of amides is 1. The number of carbonyl (C=O) groups is 1. The van der Waals surface area contributed by atoms with Crippen molar-refractivity contribution in [3.05, 3.63) is 59.9 Å². The number of benzene rings is 1. The first-order valence-corrected chi connectivity index (χ1v) is 6.19. The van der Waals surface area contributed by atoms with Crippen LogP contribution < -0.4 is 11.1 Å². The highest BCUT2D eigenvalue weighted by Gasteiger charge is 2.14. The van der Waals surface area contributed by atoms with Gasteiger partial charge in [-0.05, 0) is 31.0 Å². The van der Waals surface area contributed by atoms with Gasteiger partial charge in [-0.3, -0.25) is 9.78 Å². The van der Waals surface area contributed by atoms with Crippen LogP contribution in [-0.2, 0) is 11.2 Å². The van der Waals surface area contributed by atoms with Crippen molar-refractivity contribution in [2.24, 2.45) is 5.73 Å². The first-order valence-electron chi connectivity index (χ1n) is 6.19. The number of aryl methyl sites for hydroxylation is 1. The summed E-state index contributed by atoms with van der Waals surface area (Å²) in [5.41, 5.74) is 8.45. The Morgan fingerprint density at radius 3 is 2.68 bits per heavy atom. The molecule has 4 heteroatoms. The van der Waals surface area contributed by atoms with E-state index in [1.165, 1.54) is 0 Å². The summed E-state index contributed by atoms with van der Waals surface area (Å²) in [7, 11) is 0. The number of hydrogen-bond donors (Lipinski definition) is 2. The largest absolute Gasteiger partial charge is 0.323 e. The number of pyridine rings is 1. The van der Waals surface area contributed by atoms with E-state index in [0.29, 0.717) is 12.1 Å². The fourth-order valence-electron chi connectivity index (χ4n) is 1.80. The second kappa shape index (κ2) is 6.11. The topological polar surface area (TPSA) is 68.0 Å². The lowest BCUT2D eigenvalue weighted by atomic mass is 10.1. The number of anilines is 1. The molecule has 1 heterocycles. The molecule has 1 aromatic heterocycles. The molecule has 0 spiro atoms. The van der Waals surface area contributed by atoms with Crippen molar-refractivity contribution in [3.8, 4) is 0 Å². The van der Waals surface area contributed by atoms with Crippen molar-refractivity contribution < 1.29 is 4.79 Å². The zero-order valence-electron chi connectivity index (χ0n) is 10.8. The van der Waals surface area contributed by atoms with Gasteiger partial charge in [-0.1, -0.05) is 30.3 Å². The molecular formula is C15H17N3O. The summed E-state index contributed by atoms with van der Waals surface area (Å²) in [5.74, 6) is -0.194. The number of nitrogens with two attached hydrogens (primary N) is 1. The molecule has 0 saturated carbocycles. The summed E-state index contributed by atoms with van der Waals surface area (Å²) < 4.78 is 0. The second-order valence-electron chi connectivity index (χ2n) is 4.42. The lowest BCUT2D eigenvalue weighted by molar-refractivity contribution is -0.117. The van der Waals surface area contributed by atoms with Crippen LogP contribution in [0.25, 0.3) is 0 Å². The quantitative estimate of drug-likeness (QED) is 0.876. The third-order valence-electron chi connectivity index (χ3n) is 2.90. The third-order valence-corrected chi connectivity index (χ3v) is 2.90. The Bertz CT molecular complexity index is 554. The van der Waals surface area contributed by atoms with Crippen molar-refractivity contribution in [2.75, 3.05) is 5.32 Å². The molecule has 2 rings (SSSR count). The van der Waals surface area contributed by atoms with Gasteiger partial charge in [0.2, 0.25) is 5.91 Å². The van der Waals surface area contributed by atoms with Crippen LogP contribution in [0, 0.1) is 6.92 Å². The first-order chi connectivity index (χ1) is 9.16. The van der Waals surface area contributed by atoms with Crippen LogP contribution >= 0.6 is 0 Å². The standard InChI is InChI=1S/C15H17N3O/c1-11-14(8-5-9-17-11)18-15(19)13(16)10-12-6-3-2-4-7-12/h2-9,13H,10,16H2,1H3,(H,18,19)/t13-/m1/s1. The first kappa shape index (κ1) is 13.2. The maximum absolute atomic E-state index is 12.0. The Morgan fingerprint density at radius 1 is 1.26 bits per heavy atom. The van der Waals surface area contributed by atoms with Crippen molar-refractivity contribution in [3.63, 3.8) is 0 Å². The summed E-state index contributed by atoms with van der Waals surface area (Å²) in [5, 5.41) is 2.80. The highest BCUT2D eigenvalue weighted by atomic mass is 16.2. The van der Waals surface area contributed by atoms with Crippen LogP contribution in [0.15, 0.2) is 48.7 Å². The van der Waals surface area contributed by atoms with E-state index in [1.54, 1.807) is 12.3 Å². The van der Waals surface area contributed by atoms with Crippen LogP contribution in [0.4, 0.5) is 5.69 Å². The van der Waals surface area contributed by atoms with Gasteiger partial charge in [0.25, 0.3) is 0 Å². The number of nitrogens with zero attached hydrogens (tertiary/aromatic N) is 1. The van der Waals surface area contributed by atoms with Gasteiger partial charge in [0.1, 0.15) is 0 Å². The van der Waals surface area contributed by atoms with Crippen molar-refractivity contribution >= 4 is 11.6 Å². The lowest BCUT2D eigenvalue weighted by Gasteiger charge is -2.13. The van der Waals surface area contributed by atoms with Crippen molar-refractivity contribution in [2.45, 2.75) is 19.4 Å². The van der Waals surface area contributed by atoms with E-state index in [4.69, 9.17) is 5.73 Å². The SMILES string of the molecule is Cc1ncccc1NC(=O)[C@H](N)Cc1ccccc1. The van der Waals surface area contributed by atoms with Crippen molar-refractivity contribution in [1.82, 2.24) is 4.98 Å². The molecule has 98 valence electrons. The molecule has 0 unspecified atom stereocenters. The van der Waals surface area contributed by atoms with E-state index in [1.807, 2.05) is 43.3 Å². The van der Waals surface area contributed by atoms with E-state index in [9.17, 15) is 4.79 Å². The van der Waals surface area contributed by atoms with Crippen LogP contribution in [0.2, 0.25) is 0 Å². The van der Waals surface area contributed by atoms with Crippen molar-refractivity contribution in [1.29, 1.82) is 0 Å². The number of rotatable bonds is 4. The molecule has 0 bridgehead atoms. The molecule has 1 aromatic carbocycles. The highest BCUT2D eigenvalue weighted by Crippen LogP contribution is 2.11. The maximum Gasteiger partial charge on any atom is 0.241 e. The van der Waals surface area contributed by atoms with E-state index in [2.05, 4.69) is 10.3 Å². The van der Waals surface area contributed by atoms with Gasteiger partial charge in [-0.15, -0.1) is 0 Å². The summed E-state index contributed by atoms with van der Waals surface area (Å²) >= 11 is 0. The van der Waals surface area contributed by atoms with E-state index < -0.39 is 6.04 Å². The molecule has 0 aliphatic rings. The summed E-state index contributed by atoms with van der Waals surface area (Å²) in [6.45, 7) is 1.85. The molecule has 0 fully saturated rings. The number of carbonyl (C=O) groups excluding carboxylic acids is 1. The summed E-state index contributed by atoms with van der Waals surface area (Å²) in [4.78, 5) is 16.1. The zero-order chi connectivity index (χ0) is 13.7. The zero-order valence-corrected chi connectivity index (χ0v) is 10.8. The average molecular weight is 255 g/mol. The predicted octanol–water partition coefficient (Wildman–Crippen LogP) is 1.90. The van der Waals surface area contributed by atoms with Gasteiger partial charge in [0.15, 0.2) is 0 Å². The Labute approximate surface area is 112 Å². The molecule has 0 aliphatic heterocycles. The van der Waals surface area contributed by atoms with E-state index in [0.717, 1.165) is 11.3 Å². The minimum absolute atomic E-state index is 0.194. The van der Waals surface area contributed by atoms with Gasteiger partial charge in [-0.25, -0.2) is 0 Å². The second-order valence-corrected chi connectivity index (χ2v) is 4.42. The van der Waals surface area contributed by atoms with Gasteiger partial charge >= 0.3 is 0 Å². The van der Waals surface area contributed by atoms with Gasteiger partial charge in [0.05, 0.1) is 17.4 Å². The fourth-order valence-corrected chi connectivity index (χ4v) is 1.80. The monoisotopic (exact) mass is 255 g/mol. The Balaban J connectivity index is 1.99. The Kier molecular flexibility index (Phi) is 4.26. The van der Waals surface area contributed by atoms with Crippen LogP contribution in [0.5, 0.6) is 0 Å². The van der Waals surface area contributed by atoms with Gasteiger partial charge in [-0.2, -0.15) is 0 Å². The summed E-state index contributed by atoms with van der Waals surface area (Å²) in [6.07, 6.45) is 2.21. The maximum atomic E-state index is 12.0. The highest BCUT2D eigenvalue weighted by molar-refractivity contribution is 5.95. The molecule has 3 N–H and O–H groups in total. The predicted molar refractivity (Wildman–Crippen MR) is 75.7 cm³/mol. The molecule has 0 aliphatic carbocycles. The minimum atomic E-state index is -0.568. The molecule has 4 nitrogen and oxygen atoms in total.